The second kappa shape index (κ2) is 9.74. The quantitative estimate of drug-likeness (QED) is 0.647. The van der Waals surface area contributed by atoms with Crippen LogP contribution >= 0.6 is 0 Å². The Kier molecular flexibility index (Phi) is 7.64. The average molecular weight is 403 g/mol. The van der Waals surface area contributed by atoms with Gasteiger partial charge in [0.15, 0.2) is 0 Å². The lowest BCUT2D eigenvalue weighted by Crippen LogP contribution is -2.44. The lowest BCUT2D eigenvalue weighted by Gasteiger charge is -2.30. The van der Waals surface area contributed by atoms with E-state index in [4.69, 9.17) is 15.2 Å². The highest BCUT2D eigenvalue weighted by Crippen LogP contribution is 2.35. The summed E-state index contributed by atoms with van der Waals surface area (Å²) in [5.41, 5.74) is 4.35. The molecule has 2 amide bonds. The van der Waals surface area contributed by atoms with Crippen LogP contribution in [0.5, 0.6) is 5.75 Å². The van der Waals surface area contributed by atoms with Crippen molar-refractivity contribution < 1.29 is 32.2 Å². The van der Waals surface area contributed by atoms with Crippen molar-refractivity contribution in [3.05, 3.63) is 23.8 Å². The highest BCUT2D eigenvalue weighted by Gasteiger charge is 2.31. The van der Waals surface area contributed by atoms with Crippen LogP contribution in [0.3, 0.4) is 0 Å². The zero-order valence-corrected chi connectivity index (χ0v) is 15.6. The van der Waals surface area contributed by atoms with Gasteiger partial charge in [0.25, 0.3) is 0 Å². The Morgan fingerprint density at radius 3 is 2.71 bits per heavy atom. The fraction of sp³-hybridized carbons (Fsp3) is 0.556. The summed E-state index contributed by atoms with van der Waals surface area (Å²) in [6.07, 6.45) is -3.17. The molecule has 0 unspecified atom stereocenters. The molecule has 1 aromatic rings. The van der Waals surface area contributed by atoms with E-state index in [0.717, 1.165) is 24.6 Å². The van der Waals surface area contributed by atoms with Crippen molar-refractivity contribution in [1.29, 1.82) is 0 Å². The number of rotatable bonds is 8. The summed E-state index contributed by atoms with van der Waals surface area (Å²) in [4.78, 5) is 25.5. The number of alkyl halides is 3. The van der Waals surface area contributed by atoms with Gasteiger partial charge in [0.2, 0.25) is 11.8 Å². The molecule has 0 radical (unpaired) electrons. The van der Waals surface area contributed by atoms with E-state index in [1.807, 2.05) is 0 Å². The fourth-order valence-electron chi connectivity index (χ4n) is 2.99. The number of carbonyl (C=O) groups is 2. The Hall–Kier alpha value is -2.33. The van der Waals surface area contributed by atoms with Crippen LogP contribution in [0.25, 0.3) is 0 Å². The third-order valence-electron chi connectivity index (χ3n) is 4.40. The summed E-state index contributed by atoms with van der Waals surface area (Å²) >= 11 is 0. The number of hydrogen-bond acceptors (Lipinski definition) is 5. The van der Waals surface area contributed by atoms with E-state index >= 15 is 0 Å². The van der Waals surface area contributed by atoms with Gasteiger partial charge in [0.05, 0.1) is 30.3 Å². The summed E-state index contributed by atoms with van der Waals surface area (Å²) in [6, 6.07) is 2.89. The minimum absolute atomic E-state index is 0.0580. The number of methoxy groups -OCH3 is 1. The highest BCUT2D eigenvalue weighted by molar-refractivity contribution is 5.94. The summed E-state index contributed by atoms with van der Waals surface area (Å²) < 4.78 is 49.3. The minimum Gasteiger partial charge on any atom is -0.489 e. The Morgan fingerprint density at radius 2 is 2.07 bits per heavy atom. The van der Waals surface area contributed by atoms with Gasteiger partial charge in [-0.15, -0.1) is 0 Å². The molecule has 1 atom stereocenters. The Bertz CT molecular complexity index is 697. The smallest absolute Gasteiger partial charge is 0.416 e. The number of primary amides is 1. The standard InChI is InChI=1S/C18H24F3N3O4/c1-27-7-8-28-15-5-4-13(18(19,20)21)9-14(15)23-16(25)11-24-6-2-3-12(10-24)17(22)26/h4-5,9,12H,2-3,6-8,10-11H2,1H3,(H2,22,26)(H,23,25)/t12-/m0/s1. The van der Waals surface area contributed by atoms with Crippen molar-refractivity contribution in [2.45, 2.75) is 19.0 Å². The van der Waals surface area contributed by atoms with Crippen molar-refractivity contribution in [2.75, 3.05) is 45.3 Å². The number of nitrogens with one attached hydrogen (secondary N) is 1. The number of piperidine rings is 1. The normalized spacial score (nSPS) is 17.9. The molecule has 3 N–H and O–H groups in total. The molecule has 7 nitrogen and oxygen atoms in total. The monoisotopic (exact) mass is 403 g/mol. The van der Waals surface area contributed by atoms with Crippen LogP contribution in [0.1, 0.15) is 18.4 Å². The molecule has 0 aliphatic carbocycles. The number of likely N-dealkylation sites (tertiary alicyclic amines) is 1. The first-order chi connectivity index (χ1) is 13.2. The van der Waals surface area contributed by atoms with E-state index in [0.29, 0.717) is 19.5 Å². The molecule has 1 aliphatic heterocycles. The summed E-state index contributed by atoms with van der Waals surface area (Å²) in [5.74, 6) is -1.13. The SMILES string of the molecule is COCCOc1ccc(C(F)(F)F)cc1NC(=O)CN1CCC[C@H](C(N)=O)C1. The third-order valence-corrected chi connectivity index (χ3v) is 4.40. The molecule has 1 fully saturated rings. The van der Waals surface area contributed by atoms with Crippen LogP contribution in [0, 0.1) is 5.92 Å². The molecule has 1 aliphatic rings. The van der Waals surface area contributed by atoms with E-state index in [9.17, 15) is 22.8 Å². The summed E-state index contributed by atoms with van der Waals surface area (Å²) in [5, 5.41) is 2.48. The zero-order chi connectivity index (χ0) is 20.7. The fourth-order valence-corrected chi connectivity index (χ4v) is 2.99. The maximum atomic E-state index is 13.0. The second-order valence-corrected chi connectivity index (χ2v) is 6.57. The van der Waals surface area contributed by atoms with Crippen LogP contribution in [0.4, 0.5) is 18.9 Å². The van der Waals surface area contributed by atoms with Crippen LogP contribution in [-0.4, -0.2) is 56.7 Å². The number of nitrogens with two attached hydrogens (primary N) is 1. The molecule has 0 aromatic heterocycles. The number of hydrogen-bond donors (Lipinski definition) is 2. The Morgan fingerprint density at radius 1 is 1.32 bits per heavy atom. The lowest BCUT2D eigenvalue weighted by molar-refractivity contribution is -0.137. The number of anilines is 1. The molecule has 1 aromatic carbocycles. The zero-order valence-electron chi connectivity index (χ0n) is 15.6. The molecular weight excluding hydrogens is 379 g/mol. The number of nitrogens with zero attached hydrogens (tertiary/aromatic N) is 1. The first kappa shape index (κ1) is 22.0. The van der Waals surface area contributed by atoms with Gasteiger partial charge in [-0.1, -0.05) is 0 Å². The minimum atomic E-state index is -4.55. The molecule has 2 rings (SSSR count). The van der Waals surface area contributed by atoms with Crippen molar-refractivity contribution in [3.63, 3.8) is 0 Å². The third kappa shape index (κ3) is 6.38. The van der Waals surface area contributed by atoms with Gasteiger partial charge in [-0.25, -0.2) is 0 Å². The highest BCUT2D eigenvalue weighted by atomic mass is 19.4. The number of benzene rings is 1. The molecule has 0 bridgehead atoms. The van der Waals surface area contributed by atoms with Gasteiger partial charge in [0, 0.05) is 13.7 Å². The predicted molar refractivity (Wildman–Crippen MR) is 95.8 cm³/mol. The molecule has 0 spiro atoms. The van der Waals surface area contributed by atoms with E-state index in [-0.39, 0.29) is 37.1 Å². The van der Waals surface area contributed by atoms with Gasteiger partial charge in [-0.05, 0) is 37.6 Å². The van der Waals surface area contributed by atoms with Crippen molar-refractivity contribution in [3.8, 4) is 5.75 Å². The number of amides is 2. The van der Waals surface area contributed by atoms with Gasteiger partial charge in [-0.3, -0.25) is 14.5 Å². The molecule has 1 saturated heterocycles. The lowest BCUT2D eigenvalue weighted by atomic mass is 9.97. The van der Waals surface area contributed by atoms with Crippen LogP contribution < -0.4 is 15.8 Å². The molecular formula is C18H24F3N3O4. The Balaban J connectivity index is 2.08. The molecule has 1 heterocycles. The maximum absolute atomic E-state index is 13.0. The average Bonchev–Trinajstić information content (AvgIpc) is 2.62. The summed E-state index contributed by atoms with van der Waals surface area (Å²) in [7, 11) is 1.47. The van der Waals surface area contributed by atoms with Crippen LogP contribution in [0.2, 0.25) is 0 Å². The molecule has 0 saturated carbocycles. The largest absolute Gasteiger partial charge is 0.489 e. The maximum Gasteiger partial charge on any atom is 0.416 e. The molecule has 28 heavy (non-hydrogen) atoms. The van der Waals surface area contributed by atoms with Crippen LogP contribution in [0.15, 0.2) is 18.2 Å². The van der Waals surface area contributed by atoms with Gasteiger partial charge >= 0.3 is 6.18 Å². The first-order valence-corrected chi connectivity index (χ1v) is 8.85. The van der Waals surface area contributed by atoms with Crippen molar-refractivity contribution in [1.82, 2.24) is 4.90 Å². The van der Waals surface area contributed by atoms with Gasteiger partial charge in [-0.2, -0.15) is 13.2 Å². The molecule has 156 valence electrons. The van der Waals surface area contributed by atoms with Gasteiger partial charge < -0.3 is 20.5 Å². The van der Waals surface area contributed by atoms with Crippen molar-refractivity contribution >= 4 is 17.5 Å². The number of ether oxygens (including phenoxy) is 2. The molecule has 10 heteroatoms. The van der Waals surface area contributed by atoms with E-state index < -0.39 is 23.6 Å². The number of carbonyl (C=O) groups excluding carboxylic acids is 2. The second-order valence-electron chi connectivity index (χ2n) is 6.57. The first-order valence-electron chi connectivity index (χ1n) is 8.85. The summed E-state index contributed by atoms with van der Waals surface area (Å²) in [6.45, 7) is 1.27. The van der Waals surface area contributed by atoms with E-state index in [2.05, 4.69) is 5.32 Å². The predicted octanol–water partition coefficient (Wildman–Crippen LogP) is 1.87. The van der Waals surface area contributed by atoms with E-state index in [1.54, 1.807) is 4.90 Å². The number of halogens is 3. The van der Waals surface area contributed by atoms with Crippen LogP contribution in [-0.2, 0) is 20.5 Å². The van der Waals surface area contributed by atoms with Crippen molar-refractivity contribution in [2.24, 2.45) is 11.7 Å². The Labute approximate surface area is 161 Å². The van der Waals surface area contributed by atoms with Gasteiger partial charge in [0.1, 0.15) is 12.4 Å². The topological polar surface area (TPSA) is 93.9 Å². The van der Waals surface area contributed by atoms with E-state index in [1.165, 1.54) is 7.11 Å².